The fraction of sp³-hybridized carbons (Fsp3) is 0. The third kappa shape index (κ3) is 3.68. The van der Waals surface area contributed by atoms with E-state index in [9.17, 15) is 9.18 Å². The lowest BCUT2D eigenvalue weighted by atomic mass is 10.2. The second-order valence-corrected chi connectivity index (χ2v) is 6.44. The van der Waals surface area contributed by atoms with E-state index in [0.717, 1.165) is 14.3 Å². The van der Waals surface area contributed by atoms with E-state index in [0.29, 0.717) is 11.1 Å². The van der Waals surface area contributed by atoms with Crippen molar-refractivity contribution < 1.29 is 13.6 Å². The highest BCUT2D eigenvalue weighted by atomic mass is 79.9. The van der Waals surface area contributed by atoms with Crippen LogP contribution < -0.4 is 5.43 Å². The molecule has 0 radical (unpaired) electrons. The zero-order valence-electron chi connectivity index (χ0n) is 11.5. The molecule has 0 bridgehead atoms. The van der Waals surface area contributed by atoms with E-state index < -0.39 is 5.91 Å². The molecule has 116 valence electrons. The van der Waals surface area contributed by atoms with Crippen LogP contribution in [0.3, 0.4) is 0 Å². The van der Waals surface area contributed by atoms with Crippen LogP contribution >= 0.6 is 31.9 Å². The Kier molecular flexibility index (Phi) is 4.58. The van der Waals surface area contributed by atoms with E-state index >= 15 is 0 Å². The number of hydrogen-bond acceptors (Lipinski definition) is 3. The molecule has 3 rings (SSSR count). The monoisotopic (exact) mass is 438 g/mol. The first-order valence-corrected chi connectivity index (χ1v) is 8.09. The summed E-state index contributed by atoms with van der Waals surface area (Å²) in [5.74, 6) is -0.722. The Morgan fingerprint density at radius 3 is 2.83 bits per heavy atom. The van der Waals surface area contributed by atoms with E-state index in [1.54, 1.807) is 18.2 Å². The zero-order valence-corrected chi connectivity index (χ0v) is 14.7. The molecule has 0 aliphatic carbocycles. The van der Waals surface area contributed by atoms with Gasteiger partial charge in [-0.3, -0.25) is 4.79 Å². The van der Waals surface area contributed by atoms with Crippen LogP contribution in [-0.4, -0.2) is 12.1 Å². The summed E-state index contributed by atoms with van der Waals surface area (Å²) in [6, 6.07) is 11.2. The van der Waals surface area contributed by atoms with Crippen LogP contribution in [0, 0.1) is 5.82 Å². The third-order valence-corrected chi connectivity index (χ3v) is 4.03. The first-order chi connectivity index (χ1) is 11.0. The molecule has 0 saturated carbocycles. The van der Waals surface area contributed by atoms with Crippen molar-refractivity contribution in [3.8, 4) is 0 Å². The minimum atomic E-state index is -0.489. The molecule has 0 fully saturated rings. The standard InChI is InChI=1S/C16H9Br2FN2O2/c17-11-5-10-6-14(23-15(10)13(18)7-11)16(22)21-20-8-9-2-1-3-12(19)4-9/h1-8H,(H,21,22)/b20-8-. The second kappa shape index (κ2) is 6.64. The second-order valence-electron chi connectivity index (χ2n) is 4.67. The summed E-state index contributed by atoms with van der Waals surface area (Å²) in [6.45, 7) is 0. The van der Waals surface area contributed by atoms with Gasteiger partial charge in [-0.25, -0.2) is 9.82 Å². The molecular weight excluding hydrogens is 431 g/mol. The molecular formula is C16H9Br2FN2O2. The maximum absolute atomic E-state index is 13.0. The van der Waals surface area contributed by atoms with Crippen molar-refractivity contribution in [1.29, 1.82) is 0 Å². The van der Waals surface area contributed by atoms with Crippen molar-refractivity contribution in [3.63, 3.8) is 0 Å². The summed E-state index contributed by atoms with van der Waals surface area (Å²) in [7, 11) is 0. The van der Waals surface area contributed by atoms with Gasteiger partial charge in [0.1, 0.15) is 11.4 Å². The van der Waals surface area contributed by atoms with Gasteiger partial charge in [-0.15, -0.1) is 0 Å². The zero-order chi connectivity index (χ0) is 16.4. The number of hydrogen-bond donors (Lipinski definition) is 1. The SMILES string of the molecule is O=C(N/N=C\c1cccc(F)c1)c1cc2cc(Br)cc(Br)c2o1. The number of benzene rings is 2. The summed E-state index contributed by atoms with van der Waals surface area (Å²) in [5, 5.41) is 4.58. The number of halogens is 3. The summed E-state index contributed by atoms with van der Waals surface area (Å²) >= 11 is 6.76. The molecule has 0 aliphatic heterocycles. The van der Waals surface area contributed by atoms with E-state index in [1.165, 1.54) is 18.3 Å². The van der Waals surface area contributed by atoms with Crippen LogP contribution in [0.15, 0.2) is 60.9 Å². The van der Waals surface area contributed by atoms with Gasteiger partial charge < -0.3 is 4.42 Å². The summed E-state index contributed by atoms with van der Waals surface area (Å²) in [6.07, 6.45) is 1.36. The van der Waals surface area contributed by atoms with Gasteiger partial charge >= 0.3 is 5.91 Å². The molecule has 0 saturated heterocycles. The minimum absolute atomic E-state index is 0.134. The van der Waals surface area contributed by atoms with Gasteiger partial charge in [0.05, 0.1) is 10.7 Å². The average molecular weight is 440 g/mol. The molecule has 1 heterocycles. The largest absolute Gasteiger partial charge is 0.450 e. The first-order valence-electron chi connectivity index (χ1n) is 6.50. The number of furan rings is 1. The van der Waals surface area contributed by atoms with Crippen molar-refractivity contribution >= 4 is 55.0 Å². The fourth-order valence-corrected chi connectivity index (χ4v) is 3.33. The predicted molar refractivity (Wildman–Crippen MR) is 93.1 cm³/mol. The number of nitrogens with one attached hydrogen (secondary N) is 1. The predicted octanol–water partition coefficient (Wildman–Crippen LogP) is 4.86. The highest BCUT2D eigenvalue weighted by molar-refractivity contribution is 9.11. The van der Waals surface area contributed by atoms with E-state index in [-0.39, 0.29) is 11.6 Å². The molecule has 2 aromatic carbocycles. The van der Waals surface area contributed by atoms with Crippen LogP contribution in [0.25, 0.3) is 11.0 Å². The van der Waals surface area contributed by atoms with Gasteiger partial charge in [0.15, 0.2) is 5.76 Å². The summed E-state index contributed by atoms with van der Waals surface area (Å²) in [4.78, 5) is 12.0. The van der Waals surface area contributed by atoms with E-state index in [2.05, 4.69) is 42.4 Å². The minimum Gasteiger partial charge on any atom is -0.450 e. The van der Waals surface area contributed by atoms with Crippen LogP contribution in [0.2, 0.25) is 0 Å². The number of amides is 1. The molecule has 3 aromatic rings. The van der Waals surface area contributed by atoms with Crippen LogP contribution in [-0.2, 0) is 0 Å². The fourth-order valence-electron chi connectivity index (χ4n) is 2.00. The molecule has 0 aliphatic rings. The van der Waals surface area contributed by atoms with Gasteiger partial charge in [-0.2, -0.15) is 5.10 Å². The van der Waals surface area contributed by atoms with Gasteiger partial charge in [0.25, 0.3) is 0 Å². The van der Waals surface area contributed by atoms with E-state index in [4.69, 9.17) is 4.42 Å². The van der Waals surface area contributed by atoms with Gasteiger partial charge in [0.2, 0.25) is 0 Å². The van der Waals surface area contributed by atoms with Crippen molar-refractivity contribution in [3.05, 3.63) is 68.6 Å². The van der Waals surface area contributed by atoms with Gasteiger partial charge in [0, 0.05) is 9.86 Å². The van der Waals surface area contributed by atoms with Gasteiger partial charge in [-0.05, 0) is 51.8 Å². The quantitative estimate of drug-likeness (QED) is 0.468. The third-order valence-electron chi connectivity index (χ3n) is 2.99. The van der Waals surface area contributed by atoms with Crippen molar-refractivity contribution in [2.24, 2.45) is 5.10 Å². The molecule has 1 amide bonds. The van der Waals surface area contributed by atoms with Crippen molar-refractivity contribution in [2.75, 3.05) is 0 Å². The van der Waals surface area contributed by atoms with Crippen LogP contribution in [0.5, 0.6) is 0 Å². The Bertz CT molecular complexity index is 922. The smallest absolute Gasteiger partial charge is 0.307 e. The number of nitrogens with zero attached hydrogens (tertiary/aromatic N) is 1. The topological polar surface area (TPSA) is 54.6 Å². The Morgan fingerprint density at radius 2 is 2.04 bits per heavy atom. The maximum Gasteiger partial charge on any atom is 0.307 e. The molecule has 4 nitrogen and oxygen atoms in total. The maximum atomic E-state index is 13.0. The number of carbonyl (C=O) groups excluding carboxylic acids is 1. The lowest BCUT2D eigenvalue weighted by molar-refractivity contribution is 0.0929. The highest BCUT2D eigenvalue weighted by Gasteiger charge is 2.14. The Morgan fingerprint density at radius 1 is 1.22 bits per heavy atom. The van der Waals surface area contributed by atoms with Crippen LogP contribution in [0.1, 0.15) is 16.1 Å². The molecule has 0 spiro atoms. The molecule has 0 unspecified atom stereocenters. The summed E-state index contributed by atoms with van der Waals surface area (Å²) < 4.78 is 20.2. The molecule has 0 atom stereocenters. The summed E-state index contributed by atoms with van der Waals surface area (Å²) in [5.41, 5.74) is 3.47. The molecule has 1 aromatic heterocycles. The number of rotatable bonds is 3. The van der Waals surface area contributed by atoms with Crippen LogP contribution in [0.4, 0.5) is 4.39 Å². The Balaban J connectivity index is 1.77. The molecule has 23 heavy (non-hydrogen) atoms. The highest BCUT2D eigenvalue weighted by Crippen LogP contribution is 2.30. The Hall–Kier alpha value is -1.99. The molecule has 1 N–H and O–H groups in total. The number of fused-ring (bicyclic) bond motifs is 1. The number of carbonyl (C=O) groups is 1. The van der Waals surface area contributed by atoms with Gasteiger partial charge in [-0.1, -0.05) is 28.1 Å². The molecule has 7 heteroatoms. The number of hydrazone groups is 1. The van der Waals surface area contributed by atoms with Crippen molar-refractivity contribution in [2.45, 2.75) is 0 Å². The average Bonchev–Trinajstić information content (AvgIpc) is 2.91. The van der Waals surface area contributed by atoms with Crippen molar-refractivity contribution in [1.82, 2.24) is 5.43 Å². The Labute approximate surface area is 147 Å². The lowest BCUT2D eigenvalue weighted by Crippen LogP contribution is -2.16. The van der Waals surface area contributed by atoms with E-state index in [1.807, 2.05) is 12.1 Å². The lowest BCUT2D eigenvalue weighted by Gasteiger charge is -1.96. The first kappa shape index (κ1) is 15.9. The normalized spacial score (nSPS) is 11.3.